The van der Waals surface area contributed by atoms with Crippen LogP contribution in [0.2, 0.25) is 0 Å². The Morgan fingerprint density at radius 1 is 1.43 bits per heavy atom. The van der Waals surface area contributed by atoms with Crippen LogP contribution >= 0.6 is 0 Å². The van der Waals surface area contributed by atoms with E-state index in [9.17, 15) is 0 Å². The van der Waals surface area contributed by atoms with Crippen molar-refractivity contribution in [2.45, 2.75) is 0 Å². The lowest BCUT2D eigenvalue weighted by molar-refractivity contribution is 0.361. The lowest BCUT2D eigenvalue weighted by Crippen LogP contribution is -1.80. The zero-order valence-electron chi connectivity index (χ0n) is 3.66. The van der Waals surface area contributed by atoms with Crippen molar-refractivity contribution >= 4 is 6.40 Å². The number of rotatable bonds is 0. The van der Waals surface area contributed by atoms with Crippen molar-refractivity contribution < 1.29 is 14.1 Å². The van der Waals surface area contributed by atoms with Gasteiger partial charge in [-0.05, 0) is 0 Å². The Hall–Kier alpha value is -0.670. The third kappa shape index (κ3) is 3.15. The molecule has 0 bridgehead atoms. The fourth-order valence-electron chi connectivity index (χ4n) is 0.264. The summed E-state index contributed by atoms with van der Waals surface area (Å²) in [4.78, 5) is 3.74. The average Bonchev–Trinajstić information content (AvgIpc) is 1.76. The normalized spacial score (nSPS) is 13.7. The van der Waals surface area contributed by atoms with Gasteiger partial charge in [-0.15, -0.1) is 0 Å². The van der Waals surface area contributed by atoms with E-state index in [1.165, 1.54) is 6.40 Å². The molecule has 0 atom stereocenters. The second-order valence-electron chi connectivity index (χ2n) is 0.882. The molecule has 0 aliphatic carbocycles. The lowest BCUT2D eigenvalue weighted by Gasteiger charge is -1.76. The molecule has 7 heavy (non-hydrogen) atoms. The maximum Gasteiger partial charge on any atom is 0.169 e. The second kappa shape index (κ2) is 5.33. The molecule has 1 aliphatic heterocycles. The van der Waals surface area contributed by atoms with Crippen LogP contribution in [0, 0.1) is 0 Å². The van der Waals surface area contributed by atoms with Crippen LogP contribution in [-0.4, -0.2) is 19.6 Å². The molecule has 0 N–H and O–H groups in total. The van der Waals surface area contributed by atoms with Crippen LogP contribution in [-0.2, 0) is 4.74 Å². The first kappa shape index (κ1) is 9.59. The Labute approximate surface area is 39.9 Å². The minimum Gasteiger partial charge on any atom is -0.482 e. The molecule has 0 spiro atoms. The standard InChI is InChI=1S/C3H5NO.2FH/c1-2-5-3-4-1;;/h3H,1-2H2;2*1H. The Balaban J connectivity index is 0. The van der Waals surface area contributed by atoms with Crippen molar-refractivity contribution in [1.29, 1.82) is 0 Å². The fourth-order valence-corrected chi connectivity index (χ4v) is 0.264. The topological polar surface area (TPSA) is 21.6 Å². The summed E-state index contributed by atoms with van der Waals surface area (Å²) in [5.74, 6) is 0. The van der Waals surface area contributed by atoms with Gasteiger partial charge in [0.25, 0.3) is 0 Å². The molecular formula is C3H7F2NO. The van der Waals surface area contributed by atoms with Gasteiger partial charge < -0.3 is 4.74 Å². The predicted octanol–water partition coefficient (Wildman–Crippen LogP) is 0.350. The highest BCUT2D eigenvalue weighted by Crippen LogP contribution is 1.78. The summed E-state index contributed by atoms with van der Waals surface area (Å²) >= 11 is 0. The monoisotopic (exact) mass is 111 g/mol. The molecule has 1 rings (SSSR count). The van der Waals surface area contributed by atoms with E-state index >= 15 is 0 Å². The molecule has 0 unspecified atom stereocenters. The number of ether oxygens (including phenoxy) is 1. The maximum atomic E-state index is 4.65. The van der Waals surface area contributed by atoms with Crippen LogP contribution in [0.25, 0.3) is 0 Å². The number of halogens is 2. The third-order valence-corrected chi connectivity index (χ3v) is 0.487. The molecular weight excluding hydrogens is 104 g/mol. The molecule has 44 valence electrons. The van der Waals surface area contributed by atoms with E-state index in [2.05, 4.69) is 9.73 Å². The molecule has 1 heterocycles. The molecule has 0 aromatic rings. The summed E-state index contributed by atoms with van der Waals surface area (Å²) < 4.78 is 4.65. The number of nitrogens with zero attached hydrogens (tertiary/aromatic N) is 1. The Morgan fingerprint density at radius 2 is 2.14 bits per heavy atom. The smallest absolute Gasteiger partial charge is 0.169 e. The van der Waals surface area contributed by atoms with Gasteiger partial charge in [-0.2, -0.15) is 0 Å². The van der Waals surface area contributed by atoms with Gasteiger partial charge in [0, 0.05) is 0 Å². The van der Waals surface area contributed by atoms with Crippen molar-refractivity contribution in [3.05, 3.63) is 0 Å². The second-order valence-corrected chi connectivity index (χ2v) is 0.882. The summed E-state index contributed by atoms with van der Waals surface area (Å²) in [6.07, 6.45) is 1.49. The van der Waals surface area contributed by atoms with E-state index in [0.29, 0.717) is 0 Å². The highest BCUT2D eigenvalue weighted by molar-refractivity contribution is 5.47. The molecule has 4 heteroatoms. The molecule has 0 aromatic heterocycles. The minimum absolute atomic E-state index is 0. The van der Waals surface area contributed by atoms with E-state index < -0.39 is 0 Å². The summed E-state index contributed by atoms with van der Waals surface area (Å²) in [5, 5.41) is 0. The largest absolute Gasteiger partial charge is 0.482 e. The zero-order valence-corrected chi connectivity index (χ0v) is 3.66. The van der Waals surface area contributed by atoms with Gasteiger partial charge in [-0.25, -0.2) is 0 Å². The molecule has 1 aliphatic rings. The van der Waals surface area contributed by atoms with Crippen LogP contribution in [0.5, 0.6) is 0 Å². The highest BCUT2D eigenvalue weighted by atomic mass is 19.0. The van der Waals surface area contributed by atoms with Gasteiger partial charge in [0.2, 0.25) is 0 Å². The van der Waals surface area contributed by atoms with E-state index in [1.54, 1.807) is 0 Å². The first-order valence-corrected chi connectivity index (χ1v) is 1.60. The van der Waals surface area contributed by atoms with Crippen LogP contribution < -0.4 is 0 Å². The number of hydrogen-bond donors (Lipinski definition) is 0. The quantitative estimate of drug-likeness (QED) is 0.442. The van der Waals surface area contributed by atoms with Gasteiger partial charge in [0.05, 0.1) is 6.54 Å². The van der Waals surface area contributed by atoms with Gasteiger partial charge in [-0.3, -0.25) is 14.4 Å². The van der Waals surface area contributed by atoms with Gasteiger partial charge in [0.15, 0.2) is 6.40 Å². The first-order chi connectivity index (χ1) is 2.50. The van der Waals surface area contributed by atoms with Crippen molar-refractivity contribution in [1.82, 2.24) is 0 Å². The molecule has 0 radical (unpaired) electrons. The van der Waals surface area contributed by atoms with Crippen LogP contribution in [0.1, 0.15) is 0 Å². The number of hydrogen-bond acceptors (Lipinski definition) is 2. The summed E-state index contributed by atoms with van der Waals surface area (Å²) in [7, 11) is 0. The van der Waals surface area contributed by atoms with Crippen molar-refractivity contribution in [2.24, 2.45) is 4.99 Å². The van der Waals surface area contributed by atoms with E-state index in [0.717, 1.165) is 13.2 Å². The van der Waals surface area contributed by atoms with Crippen molar-refractivity contribution in [2.75, 3.05) is 13.2 Å². The SMILES string of the molecule is C1=NCCO1.F.F. The zero-order chi connectivity index (χ0) is 3.54. The van der Waals surface area contributed by atoms with E-state index in [-0.39, 0.29) is 9.41 Å². The molecule has 2 nitrogen and oxygen atoms in total. The predicted molar refractivity (Wildman–Crippen MR) is 24.3 cm³/mol. The van der Waals surface area contributed by atoms with Crippen LogP contribution in [0.3, 0.4) is 0 Å². The Bertz CT molecular complexity index is 50.9. The Morgan fingerprint density at radius 3 is 2.29 bits per heavy atom. The summed E-state index contributed by atoms with van der Waals surface area (Å²) in [6, 6.07) is 0. The summed E-state index contributed by atoms with van der Waals surface area (Å²) in [5.41, 5.74) is 0. The van der Waals surface area contributed by atoms with Gasteiger partial charge >= 0.3 is 0 Å². The average molecular weight is 111 g/mol. The van der Waals surface area contributed by atoms with Crippen LogP contribution in [0.4, 0.5) is 9.41 Å². The first-order valence-electron chi connectivity index (χ1n) is 1.60. The minimum atomic E-state index is 0. The number of aliphatic imine (C=N–C) groups is 1. The van der Waals surface area contributed by atoms with Crippen molar-refractivity contribution in [3.8, 4) is 0 Å². The lowest BCUT2D eigenvalue weighted by atomic mass is 10.8. The van der Waals surface area contributed by atoms with Gasteiger partial charge in [-0.1, -0.05) is 0 Å². The van der Waals surface area contributed by atoms with Gasteiger partial charge in [0.1, 0.15) is 6.61 Å². The third-order valence-electron chi connectivity index (χ3n) is 0.487. The van der Waals surface area contributed by atoms with E-state index in [4.69, 9.17) is 0 Å². The van der Waals surface area contributed by atoms with Crippen LogP contribution in [0.15, 0.2) is 4.99 Å². The Kier molecular flexibility index (Phi) is 7.30. The molecule has 0 fully saturated rings. The van der Waals surface area contributed by atoms with Crippen molar-refractivity contribution in [3.63, 3.8) is 0 Å². The molecule has 0 amide bonds. The highest BCUT2D eigenvalue weighted by Gasteiger charge is 1.84. The van der Waals surface area contributed by atoms with E-state index in [1.807, 2.05) is 0 Å². The summed E-state index contributed by atoms with van der Waals surface area (Å²) in [6.45, 7) is 1.62. The molecule has 0 saturated heterocycles. The molecule has 0 saturated carbocycles. The maximum absolute atomic E-state index is 4.65. The fraction of sp³-hybridized carbons (Fsp3) is 0.667. The molecule has 0 aromatic carbocycles.